The van der Waals surface area contributed by atoms with Gasteiger partial charge in [0.25, 0.3) is 5.89 Å². The van der Waals surface area contributed by atoms with Crippen molar-refractivity contribution in [3.8, 4) is 10.8 Å². The van der Waals surface area contributed by atoms with Gasteiger partial charge < -0.3 is 9.84 Å². The van der Waals surface area contributed by atoms with Crippen molar-refractivity contribution in [1.82, 2.24) is 25.7 Å². The minimum absolute atomic E-state index is 0.0536. The summed E-state index contributed by atoms with van der Waals surface area (Å²) in [7, 11) is 0. The van der Waals surface area contributed by atoms with Gasteiger partial charge in [-0.3, -0.25) is 5.10 Å². The van der Waals surface area contributed by atoms with Crippen LogP contribution in [0.15, 0.2) is 28.1 Å². The van der Waals surface area contributed by atoms with E-state index in [0.717, 1.165) is 16.3 Å². The molecule has 22 heavy (non-hydrogen) atoms. The van der Waals surface area contributed by atoms with E-state index >= 15 is 0 Å². The molecule has 0 radical (unpaired) electrons. The maximum absolute atomic E-state index is 5.25. The number of thiophene rings is 1. The van der Waals surface area contributed by atoms with Gasteiger partial charge in [0.05, 0.1) is 17.1 Å². The third-order valence-corrected chi connectivity index (χ3v) is 4.06. The molecule has 0 bridgehead atoms. The molecule has 0 aliphatic carbocycles. The second-order valence-electron chi connectivity index (χ2n) is 6.13. The summed E-state index contributed by atoms with van der Waals surface area (Å²) in [6.07, 6.45) is 0. The van der Waals surface area contributed by atoms with Gasteiger partial charge in [-0.1, -0.05) is 32.0 Å². The van der Waals surface area contributed by atoms with Gasteiger partial charge in [0.15, 0.2) is 5.82 Å². The van der Waals surface area contributed by atoms with Crippen molar-refractivity contribution in [3.63, 3.8) is 0 Å². The van der Waals surface area contributed by atoms with Gasteiger partial charge in [0.1, 0.15) is 0 Å². The molecule has 3 aromatic rings. The Morgan fingerprint density at radius 2 is 2.18 bits per heavy atom. The van der Waals surface area contributed by atoms with E-state index in [9.17, 15) is 0 Å². The molecule has 0 aliphatic rings. The molecule has 0 spiro atoms. The van der Waals surface area contributed by atoms with Crippen LogP contribution in [0.3, 0.4) is 0 Å². The normalized spacial score (nSPS) is 12.0. The number of nitrogens with zero attached hydrogens (tertiary/aromatic N) is 3. The highest BCUT2D eigenvalue weighted by Crippen LogP contribution is 2.22. The fraction of sp³-hybridized carbons (Fsp3) is 0.400. The van der Waals surface area contributed by atoms with Crippen molar-refractivity contribution in [2.75, 3.05) is 0 Å². The van der Waals surface area contributed by atoms with Gasteiger partial charge in [-0.2, -0.15) is 10.1 Å². The maximum atomic E-state index is 5.25. The van der Waals surface area contributed by atoms with Gasteiger partial charge in [0.2, 0.25) is 0 Å². The summed E-state index contributed by atoms with van der Waals surface area (Å²) in [6, 6.07) is 6.02. The van der Waals surface area contributed by atoms with Crippen molar-refractivity contribution < 1.29 is 4.52 Å². The second-order valence-corrected chi connectivity index (χ2v) is 7.07. The van der Waals surface area contributed by atoms with Crippen LogP contribution in [-0.2, 0) is 18.5 Å². The van der Waals surface area contributed by atoms with Crippen molar-refractivity contribution in [2.45, 2.75) is 39.3 Å². The van der Waals surface area contributed by atoms with E-state index in [4.69, 9.17) is 4.52 Å². The van der Waals surface area contributed by atoms with Crippen LogP contribution in [0.5, 0.6) is 0 Å². The molecule has 6 nitrogen and oxygen atoms in total. The number of hydrogen-bond donors (Lipinski definition) is 2. The van der Waals surface area contributed by atoms with E-state index in [1.54, 1.807) is 11.3 Å². The summed E-state index contributed by atoms with van der Waals surface area (Å²) in [4.78, 5) is 5.36. The summed E-state index contributed by atoms with van der Waals surface area (Å²) in [5, 5.41) is 16.6. The molecule has 0 aliphatic heterocycles. The Hall–Kier alpha value is -1.99. The van der Waals surface area contributed by atoms with E-state index in [1.165, 1.54) is 0 Å². The lowest BCUT2D eigenvalue weighted by molar-refractivity contribution is 0.420. The molecular weight excluding hydrogens is 298 g/mol. The highest BCUT2D eigenvalue weighted by Gasteiger charge is 2.17. The lowest BCUT2D eigenvalue weighted by atomic mass is 9.92. The molecule has 0 saturated heterocycles. The molecule has 3 rings (SSSR count). The number of aromatic amines is 1. The summed E-state index contributed by atoms with van der Waals surface area (Å²) in [5.41, 5.74) is 2.16. The van der Waals surface area contributed by atoms with Crippen LogP contribution in [0.4, 0.5) is 0 Å². The molecule has 0 atom stereocenters. The van der Waals surface area contributed by atoms with E-state index in [0.29, 0.717) is 24.8 Å². The molecule has 0 fully saturated rings. The Kier molecular flexibility index (Phi) is 4.08. The maximum Gasteiger partial charge on any atom is 0.268 e. The van der Waals surface area contributed by atoms with Crippen LogP contribution >= 0.6 is 11.3 Å². The zero-order chi connectivity index (χ0) is 15.6. The van der Waals surface area contributed by atoms with Crippen LogP contribution in [0.1, 0.15) is 38.0 Å². The van der Waals surface area contributed by atoms with Crippen LogP contribution in [-0.4, -0.2) is 20.3 Å². The average Bonchev–Trinajstić information content (AvgIpc) is 3.19. The molecule has 116 valence electrons. The van der Waals surface area contributed by atoms with Crippen LogP contribution in [0, 0.1) is 0 Å². The van der Waals surface area contributed by atoms with Gasteiger partial charge in [-0.25, -0.2) is 0 Å². The summed E-state index contributed by atoms with van der Waals surface area (Å²) in [6.45, 7) is 7.67. The van der Waals surface area contributed by atoms with E-state index < -0.39 is 0 Å². The zero-order valence-electron chi connectivity index (χ0n) is 12.9. The van der Waals surface area contributed by atoms with Gasteiger partial charge in [-0.05, 0) is 17.5 Å². The van der Waals surface area contributed by atoms with Crippen LogP contribution < -0.4 is 5.32 Å². The number of hydrogen-bond acceptors (Lipinski definition) is 6. The average molecular weight is 317 g/mol. The first-order chi connectivity index (χ1) is 10.5. The third-order valence-electron chi connectivity index (χ3n) is 3.20. The third kappa shape index (κ3) is 3.42. The molecule has 0 unspecified atom stereocenters. The number of aromatic nitrogens is 4. The monoisotopic (exact) mass is 317 g/mol. The lowest BCUT2D eigenvalue weighted by Crippen LogP contribution is -2.14. The van der Waals surface area contributed by atoms with Crippen molar-refractivity contribution >= 4 is 11.3 Å². The summed E-state index contributed by atoms with van der Waals surface area (Å²) >= 11 is 1.59. The minimum atomic E-state index is 0.0536. The molecule has 0 saturated carbocycles. The Bertz CT molecular complexity index is 723. The molecule has 3 aromatic heterocycles. The smallest absolute Gasteiger partial charge is 0.268 e. The molecule has 0 amide bonds. The van der Waals surface area contributed by atoms with Crippen LogP contribution in [0.2, 0.25) is 0 Å². The van der Waals surface area contributed by atoms with Gasteiger partial charge in [-0.15, -0.1) is 11.3 Å². The highest BCUT2D eigenvalue weighted by atomic mass is 32.1. The topological polar surface area (TPSA) is 79.6 Å². The molecule has 0 aromatic carbocycles. The molecule has 3 heterocycles. The molecule has 7 heteroatoms. The highest BCUT2D eigenvalue weighted by molar-refractivity contribution is 7.13. The minimum Gasteiger partial charge on any atom is -0.333 e. The number of rotatable bonds is 5. The summed E-state index contributed by atoms with van der Waals surface area (Å²) in [5.74, 6) is 1.22. The van der Waals surface area contributed by atoms with Crippen molar-refractivity contribution in [2.24, 2.45) is 0 Å². The Labute approximate surface area is 133 Å². The van der Waals surface area contributed by atoms with E-state index in [2.05, 4.69) is 52.5 Å². The predicted octanol–water partition coefficient (Wildman–Crippen LogP) is 3.11. The van der Waals surface area contributed by atoms with Gasteiger partial charge >= 0.3 is 0 Å². The SMILES string of the molecule is CC(C)(C)c1cc(CNCc2noc(-c3cccs3)n2)[nH]n1. The second kappa shape index (κ2) is 6.02. The Morgan fingerprint density at radius 1 is 1.32 bits per heavy atom. The van der Waals surface area contributed by atoms with Gasteiger partial charge in [0, 0.05) is 17.7 Å². The lowest BCUT2D eigenvalue weighted by Gasteiger charge is -2.13. The standard InChI is InChI=1S/C15H19N5OS/c1-15(2,3)12-7-10(18-19-12)8-16-9-13-17-14(21-20-13)11-5-4-6-22-11/h4-7,16H,8-9H2,1-3H3,(H,18,19). The Morgan fingerprint density at radius 3 is 2.86 bits per heavy atom. The first-order valence-electron chi connectivity index (χ1n) is 7.14. The number of nitrogens with one attached hydrogen (secondary N) is 2. The van der Waals surface area contributed by atoms with Crippen molar-refractivity contribution in [1.29, 1.82) is 0 Å². The fourth-order valence-electron chi connectivity index (χ4n) is 1.97. The van der Waals surface area contributed by atoms with E-state index in [1.807, 2.05) is 17.5 Å². The van der Waals surface area contributed by atoms with Crippen LogP contribution in [0.25, 0.3) is 10.8 Å². The Balaban J connectivity index is 1.54. The first-order valence-corrected chi connectivity index (χ1v) is 8.02. The fourth-order valence-corrected chi connectivity index (χ4v) is 2.62. The summed E-state index contributed by atoms with van der Waals surface area (Å²) < 4.78 is 5.25. The molecular formula is C15H19N5OS. The number of H-pyrrole nitrogens is 1. The quantitative estimate of drug-likeness (QED) is 0.756. The zero-order valence-corrected chi connectivity index (χ0v) is 13.7. The first kappa shape index (κ1) is 14.9. The largest absolute Gasteiger partial charge is 0.333 e. The predicted molar refractivity (Wildman–Crippen MR) is 85.4 cm³/mol. The molecule has 2 N–H and O–H groups in total. The van der Waals surface area contributed by atoms with Crippen molar-refractivity contribution in [3.05, 3.63) is 40.8 Å². The van der Waals surface area contributed by atoms with E-state index in [-0.39, 0.29) is 5.41 Å².